The molecule has 0 spiro atoms. The van der Waals surface area contributed by atoms with Crippen molar-refractivity contribution in [1.82, 2.24) is 5.32 Å². The SMILES string of the molecule is CC(C)(CC(=O)O)NC(=O)c1cc(Br)ccc1I. The Morgan fingerprint density at radius 2 is 2.06 bits per heavy atom. The molecule has 4 nitrogen and oxygen atoms in total. The van der Waals surface area contributed by atoms with Gasteiger partial charge in [0.05, 0.1) is 12.0 Å². The van der Waals surface area contributed by atoms with Crippen molar-refractivity contribution in [2.45, 2.75) is 25.8 Å². The maximum Gasteiger partial charge on any atom is 0.305 e. The van der Waals surface area contributed by atoms with Crippen molar-refractivity contribution in [3.05, 3.63) is 31.8 Å². The van der Waals surface area contributed by atoms with Gasteiger partial charge in [-0.15, -0.1) is 0 Å². The molecule has 0 unspecified atom stereocenters. The van der Waals surface area contributed by atoms with Crippen LogP contribution in [0.3, 0.4) is 0 Å². The van der Waals surface area contributed by atoms with Crippen molar-refractivity contribution in [2.75, 3.05) is 0 Å². The highest BCUT2D eigenvalue weighted by Gasteiger charge is 2.25. The van der Waals surface area contributed by atoms with Crippen molar-refractivity contribution < 1.29 is 14.7 Å². The van der Waals surface area contributed by atoms with Crippen LogP contribution in [0.2, 0.25) is 0 Å². The van der Waals surface area contributed by atoms with E-state index < -0.39 is 11.5 Å². The fourth-order valence-corrected chi connectivity index (χ4v) is 2.41. The number of halogens is 2. The third kappa shape index (κ3) is 4.56. The van der Waals surface area contributed by atoms with E-state index in [0.29, 0.717) is 5.56 Å². The summed E-state index contributed by atoms with van der Waals surface area (Å²) in [5.74, 6) is -1.21. The molecule has 0 aliphatic rings. The van der Waals surface area contributed by atoms with Gasteiger partial charge in [-0.2, -0.15) is 0 Å². The summed E-state index contributed by atoms with van der Waals surface area (Å²) in [6.45, 7) is 3.37. The number of carbonyl (C=O) groups excluding carboxylic acids is 1. The Labute approximate surface area is 127 Å². The predicted molar refractivity (Wildman–Crippen MR) is 80.7 cm³/mol. The van der Waals surface area contributed by atoms with Crippen LogP contribution in [-0.4, -0.2) is 22.5 Å². The first-order valence-electron chi connectivity index (χ1n) is 5.20. The van der Waals surface area contributed by atoms with Crippen LogP contribution in [0, 0.1) is 3.57 Å². The fraction of sp³-hybridized carbons (Fsp3) is 0.333. The molecule has 0 aliphatic heterocycles. The normalized spacial score (nSPS) is 11.1. The second kappa shape index (κ2) is 6.01. The molecule has 98 valence electrons. The molecule has 0 atom stereocenters. The van der Waals surface area contributed by atoms with Gasteiger partial charge in [-0.05, 0) is 54.6 Å². The zero-order valence-electron chi connectivity index (χ0n) is 9.96. The summed E-state index contributed by atoms with van der Waals surface area (Å²) in [7, 11) is 0. The topological polar surface area (TPSA) is 66.4 Å². The minimum absolute atomic E-state index is 0.122. The molecule has 1 rings (SSSR count). The number of amides is 1. The number of rotatable bonds is 4. The summed E-state index contributed by atoms with van der Waals surface area (Å²) in [4.78, 5) is 22.8. The molecule has 0 saturated carbocycles. The number of hydrogen-bond donors (Lipinski definition) is 2. The van der Waals surface area contributed by atoms with E-state index in [1.165, 1.54) is 0 Å². The lowest BCUT2D eigenvalue weighted by atomic mass is 10.00. The second-order valence-corrected chi connectivity index (χ2v) is 6.61. The van der Waals surface area contributed by atoms with Gasteiger partial charge in [0.2, 0.25) is 0 Å². The molecule has 1 aromatic rings. The zero-order chi connectivity index (χ0) is 13.9. The van der Waals surface area contributed by atoms with Crippen LogP contribution in [-0.2, 0) is 4.79 Å². The molecule has 6 heteroatoms. The van der Waals surface area contributed by atoms with E-state index in [1.807, 2.05) is 12.1 Å². The van der Waals surface area contributed by atoms with Gasteiger partial charge in [0.25, 0.3) is 5.91 Å². The highest BCUT2D eigenvalue weighted by molar-refractivity contribution is 14.1. The first kappa shape index (κ1) is 15.4. The number of carboxylic acids is 1. The summed E-state index contributed by atoms with van der Waals surface area (Å²) in [6, 6.07) is 5.39. The molecule has 0 saturated heterocycles. The largest absolute Gasteiger partial charge is 0.481 e. The van der Waals surface area contributed by atoms with Gasteiger partial charge >= 0.3 is 5.97 Å². The average Bonchev–Trinajstić information content (AvgIpc) is 2.18. The van der Waals surface area contributed by atoms with Gasteiger partial charge < -0.3 is 10.4 Å². The molecular formula is C12H13BrINO3. The van der Waals surface area contributed by atoms with Gasteiger partial charge in [-0.3, -0.25) is 9.59 Å². The van der Waals surface area contributed by atoms with Crippen molar-refractivity contribution >= 4 is 50.4 Å². The highest BCUT2D eigenvalue weighted by Crippen LogP contribution is 2.19. The van der Waals surface area contributed by atoms with Crippen LogP contribution in [0.5, 0.6) is 0 Å². The second-order valence-electron chi connectivity index (χ2n) is 4.53. The van der Waals surface area contributed by atoms with E-state index >= 15 is 0 Å². The minimum atomic E-state index is -0.941. The van der Waals surface area contributed by atoms with E-state index in [0.717, 1.165) is 8.04 Å². The Hall–Kier alpha value is -0.630. The van der Waals surface area contributed by atoms with Gasteiger partial charge in [0.15, 0.2) is 0 Å². The van der Waals surface area contributed by atoms with Gasteiger partial charge in [-0.1, -0.05) is 15.9 Å². The third-order valence-electron chi connectivity index (χ3n) is 2.22. The van der Waals surface area contributed by atoms with Crippen molar-refractivity contribution in [3.8, 4) is 0 Å². The minimum Gasteiger partial charge on any atom is -0.481 e. The molecule has 0 fully saturated rings. The van der Waals surface area contributed by atoms with Crippen LogP contribution < -0.4 is 5.32 Å². The van der Waals surface area contributed by atoms with Crippen LogP contribution in [0.4, 0.5) is 0 Å². The van der Waals surface area contributed by atoms with Crippen molar-refractivity contribution in [2.24, 2.45) is 0 Å². The average molecular weight is 426 g/mol. The van der Waals surface area contributed by atoms with Crippen molar-refractivity contribution in [3.63, 3.8) is 0 Å². The van der Waals surface area contributed by atoms with E-state index in [2.05, 4.69) is 43.8 Å². The van der Waals surface area contributed by atoms with Crippen LogP contribution in [0.25, 0.3) is 0 Å². The van der Waals surface area contributed by atoms with E-state index in [1.54, 1.807) is 19.9 Å². The Morgan fingerprint density at radius 3 is 2.61 bits per heavy atom. The number of nitrogens with one attached hydrogen (secondary N) is 1. The zero-order valence-corrected chi connectivity index (χ0v) is 13.7. The van der Waals surface area contributed by atoms with E-state index in [-0.39, 0.29) is 12.3 Å². The number of hydrogen-bond acceptors (Lipinski definition) is 2. The molecule has 0 aliphatic carbocycles. The smallest absolute Gasteiger partial charge is 0.305 e. The Morgan fingerprint density at radius 1 is 1.44 bits per heavy atom. The molecule has 0 aromatic heterocycles. The summed E-state index contributed by atoms with van der Waals surface area (Å²) in [6.07, 6.45) is -0.122. The quantitative estimate of drug-likeness (QED) is 0.728. The first-order valence-corrected chi connectivity index (χ1v) is 7.08. The molecule has 0 radical (unpaired) electrons. The van der Waals surface area contributed by atoms with Gasteiger partial charge in [-0.25, -0.2) is 0 Å². The van der Waals surface area contributed by atoms with Crippen LogP contribution >= 0.6 is 38.5 Å². The number of benzene rings is 1. The molecule has 0 heterocycles. The summed E-state index contributed by atoms with van der Waals surface area (Å²) in [5, 5.41) is 11.5. The van der Waals surface area contributed by atoms with Crippen molar-refractivity contribution in [1.29, 1.82) is 0 Å². The lowest BCUT2D eigenvalue weighted by Crippen LogP contribution is -2.45. The lowest BCUT2D eigenvalue weighted by Gasteiger charge is -2.24. The maximum absolute atomic E-state index is 12.1. The van der Waals surface area contributed by atoms with E-state index in [9.17, 15) is 9.59 Å². The highest BCUT2D eigenvalue weighted by atomic mass is 127. The summed E-state index contributed by atoms with van der Waals surface area (Å²) < 4.78 is 1.63. The number of aliphatic carboxylic acids is 1. The monoisotopic (exact) mass is 425 g/mol. The summed E-state index contributed by atoms with van der Waals surface area (Å²) in [5.41, 5.74) is -0.252. The van der Waals surface area contributed by atoms with Crippen LogP contribution in [0.15, 0.2) is 22.7 Å². The number of carbonyl (C=O) groups is 2. The Bertz CT molecular complexity index is 488. The van der Waals surface area contributed by atoms with Gasteiger partial charge in [0.1, 0.15) is 0 Å². The molecule has 2 N–H and O–H groups in total. The number of carboxylic acid groups (broad SMARTS) is 1. The van der Waals surface area contributed by atoms with E-state index in [4.69, 9.17) is 5.11 Å². The molecular weight excluding hydrogens is 413 g/mol. The Kier molecular flexibility index (Phi) is 5.15. The van der Waals surface area contributed by atoms with Crippen LogP contribution in [0.1, 0.15) is 30.6 Å². The Balaban J connectivity index is 2.88. The van der Waals surface area contributed by atoms with Gasteiger partial charge in [0, 0.05) is 13.6 Å². The lowest BCUT2D eigenvalue weighted by molar-refractivity contribution is -0.138. The molecule has 18 heavy (non-hydrogen) atoms. The summed E-state index contributed by atoms with van der Waals surface area (Å²) >= 11 is 5.38. The maximum atomic E-state index is 12.1. The predicted octanol–water partition coefficient (Wildman–Crippen LogP) is 3.04. The molecule has 1 aromatic carbocycles. The standard InChI is InChI=1S/C12H13BrINO3/c1-12(2,6-10(16)17)15-11(18)8-5-7(13)3-4-9(8)14/h3-5H,6H2,1-2H3,(H,15,18)(H,16,17). The first-order chi connectivity index (χ1) is 8.21. The third-order valence-corrected chi connectivity index (χ3v) is 3.65. The molecule has 0 bridgehead atoms. The molecule has 1 amide bonds. The fourth-order valence-electron chi connectivity index (χ4n) is 1.47.